The molecular formula is C8H15N. The Balaban J connectivity index is 2.06. The largest absolute Gasteiger partial charge is 0.327 e. The van der Waals surface area contributed by atoms with Crippen LogP contribution in [-0.4, -0.2) is 6.04 Å². The third-order valence-electron chi connectivity index (χ3n) is 3.41. The van der Waals surface area contributed by atoms with E-state index in [1.54, 1.807) is 0 Å². The predicted molar refractivity (Wildman–Crippen MR) is 38.0 cm³/mol. The van der Waals surface area contributed by atoms with Gasteiger partial charge in [-0.05, 0) is 37.0 Å². The molecule has 1 heteroatoms. The summed E-state index contributed by atoms with van der Waals surface area (Å²) in [4.78, 5) is 0. The van der Waals surface area contributed by atoms with Crippen LogP contribution in [0.3, 0.4) is 0 Å². The normalized spacial score (nSPS) is 56.7. The first-order valence-electron chi connectivity index (χ1n) is 4.04. The van der Waals surface area contributed by atoms with Crippen molar-refractivity contribution in [3.8, 4) is 0 Å². The summed E-state index contributed by atoms with van der Waals surface area (Å²) in [7, 11) is 0. The summed E-state index contributed by atoms with van der Waals surface area (Å²) in [6, 6.07) is 0.546. The van der Waals surface area contributed by atoms with Gasteiger partial charge in [0.25, 0.3) is 0 Å². The first kappa shape index (κ1) is 5.72. The smallest absolute Gasteiger partial charge is 0.00700 e. The summed E-state index contributed by atoms with van der Waals surface area (Å²) < 4.78 is 0. The van der Waals surface area contributed by atoms with Gasteiger partial charge in [0.15, 0.2) is 0 Å². The van der Waals surface area contributed by atoms with E-state index in [0.29, 0.717) is 6.04 Å². The number of rotatable bonds is 0. The van der Waals surface area contributed by atoms with Crippen LogP contribution in [0.5, 0.6) is 0 Å². The Morgan fingerprint density at radius 2 is 2.11 bits per heavy atom. The molecule has 1 nitrogen and oxygen atoms in total. The van der Waals surface area contributed by atoms with E-state index in [-0.39, 0.29) is 0 Å². The fourth-order valence-electron chi connectivity index (χ4n) is 2.50. The maximum atomic E-state index is 5.91. The molecular weight excluding hydrogens is 110 g/mol. The van der Waals surface area contributed by atoms with Crippen molar-refractivity contribution in [2.24, 2.45) is 23.5 Å². The van der Waals surface area contributed by atoms with Crippen LogP contribution < -0.4 is 5.73 Å². The standard InChI is InChI=1S/C8H15N/c1-5-6-2-3-8(9)7(5)4-6/h5-8H,2-4,9H2,1H3. The lowest BCUT2D eigenvalue weighted by Crippen LogP contribution is -2.50. The van der Waals surface area contributed by atoms with E-state index < -0.39 is 0 Å². The van der Waals surface area contributed by atoms with Gasteiger partial charge in [0.1, 0.15) is 0 Å². The van der Waals surface area contributed by atoms with E-state index in [1.807, 2.05) is 0 Å². The molecule has 3 aliphatic rings. The second kappa shape index (κ2) is 1.72. The molecule has 0 spiro atoms. The van der Waals surface area contributed by atoms with Crippen molar-refractivity contribution in [2.75, 3.05) is 0 Å². The minimum atomic E-state index is 0.546. The zero-order chi connectivity index (χ0) is 6.43. The monoisotopic (exact) mass is 125 g/mol. The topological polar surface area (TPSA) is 26.0 Å². The van der Waals surface area contributed by atoms with Gasteiger partial charge in [0.2, 0.25) is 0 Å². The van der Waals surface area contributed by atoms with Crippen LogP contribution in [-0.2, 0) is 0 Å². The maximum absolute atomic E-state index is 5.91. The lowest BCUT2D eigenvalue weighted by Gasteiger charge is -2.51. The molecule has 3 saturated carbocycles. The highest BCUT2D eigenvalue weighted by Gasteiger charge is 2.44. The second-order valence-corrected chi connectivity index (χ2v) is 3.76. The SMILES string of the molecule is CC1C2CCC(N)C1C2. The molecule has 2 bridgehead atoms. The molecule has 0 aliphatic heterocycles. The van der Waals surface area contributed by atoms with Crippen molar-refractivity contribution in [2.45, 2.75) is 32.2 Å². The number of hydrogen-bond donors (Lipinski definition) is 1. The van der Waals surface area contributed by atoms with Crippen molar-refractivity contribution in [3.63, 3.8) is 0 Å². The quantitative estimate of drug-likeness (QED) is 0.520. The van der Waals surface area contributed by atoms with Gasteiger partial charge in [-0.25, -0.2) is 0 Å². The summed E-state index contributed by atoms with van der Waals surface area (Å²) in [5.41, 5.74) is 5.91. The molecule has 3 fully saturated rings. The zero-order valence-electron chi connectivity index (χ0n) is 6.01. The number of nitrogens with two attached hydrogens (primary N) is 1. The molecule has 0 radical (unpaired) electrons. The van der Waals surface area contributed by atoms with Crippen molar-refractivity contribution < 1.29 is 0 Å². The summed E-state index contributed by atoms with van der Waals surface area (Å²) in [6.45, 7) is 2.36. The van der Waals surface area contributed by atoms with Crippen molar-refractivity contribution in [1.82, 2.24) is 0 Å². The van der Waals surface area contributed by atoms with Crippen LogP contribution in [0.2, 0.25) is 0 Å². The van der Waals surface area contributed by atoms with E-state index in [0.717, 1.165) is 17.8 Å². The van der Waals surface area contributed by atoms with E-state index in [9.17, 15) is 0 Å². The first-order valence-corrected chi connectivity index (χ1v) is 4.04. The highest BCUT2D eigenvalue weighted by molar-refractivity contribution is 4.97. The zero-order valence-corrected chi connectivity index (χ0v) is 6.01. The van der Waals surface area contributed by atoms with Crippen LogP contribution in [0.1, 0.15) is 26.2 Å². The number of hydrogen-bond acceptors (Lipinski definition) is 1. The third-order valence-corrected chi connectivity index (χ3v) is 3.41. The molecule has 4 unspecified atom stereocenters. The molecule has 0 aromatic heterocycles. The van der Waals surface area contributed by atoms with Gasteiger partial charge in [-0.3, -0.25) is 0 Å². The van der Waals surface area contributed by atoms with E-state index in [1.165, 1.54) is 19.3 Å². The molecule has 0 aromatic rings. The minimum absolute atomic E-state index is 0.546. The molecule has 9 heavy (non-hydrogen) atoms. The van der Waals surface area contributed by atoms with Crippen LogP contribution in [0.25, 0.3) is 0 Å². The Kier molecular flexibility index (Phi) is 1.10. The highest BCUT2D eigenvalue weighted by Crippen LogP contribution is 2.49. The fraction of sp³-hybridized carbons (Fsp3) is 1.00. The molecule has 0 aromatic carbocycles. The van der Waals surface area contributed by atoms with Crippen LogP contribution >= 0.6 is 0 Å². The molecule has 4 atom stereocenters. The predicted octanol–water partition coefficient (Wildman–Crippen LogP) is 1.38. The second-order valence-electron chi connectivity index (χ2n) is 3.76. The molecule has 0 heterocycles. The molecule has 0 amide bonds. The summed E-state index contributed by atoms with van der Waals surface area (Å²) in [5.74, 6) is 2.90. The Morgan fingerprint density at radius 3 is 2.44 bits per heavy atom. The average Bonchev–Trinajstić information content (AvgIpc) is 1.86. The van der Waals surface area contributed by atoms with E-state index in [2.05, 4.69) is 6.92 Å². The van der Waals surface area contributed by atoms with Gasteiger partial charge in [0, 0.05) is 6.04 Å². The van der Waals surface area contributed by atoms with Gasteiger partial charge in [0.05, 0.1) is 0 Å². The van der Waals surface area contributed by atoms with Crippen LogP contribution in [0.4, 0.5) is 0 Å². The Bertz CT molecular complexity index is 116. The van der Waals surface area contributed by atoms with Gasteiger partial charge in [-0.2, -0.15) is 0 Å². The lowest BCUT2D eigenvalue weighted by molar-refractivity contribution is 0.0104. The van der Waals surface area contributed by atoms with Gasteiger partial charge in [-0.15, -0.1) is 0 Å². The highest BCUT2D eigenvalue weighted by atomic mass is 14.7. The van der Waals surface area contributed by atoms with Gasteiger partial charge < -0.3 is 5.73 Å². The van der Waals surface area contributed by atoms with Crippen molar-refractivity contribution >= 4 is 0 Å². The van der Waals surface area contributed by atoms with Gasteiger partial charge >= 0.3 is 0 Å². The summed E-state index contributed by atoms with van der Waals surface area (Å²) in [6.07, 6.45) is 4.13. The molecule has 0 saturated heterocycles. The first-order chi connectivity index (χ1) is 4.29. The molecule has 2 N–H and O–H groups in total. The Labute approximate surface area is 56.6 Å². The third kappa shape index (κ3) is 0.644. The summed E-state index contributed by atoms with van der Waals surface area (Å²) in [5, 5.41) is 0. The van der Waals surface area contributed by atoms with E-state index in [4.69, 9.17) is 5.73 Å². The average molecular weight is 125 g/mol. The summed E-state index contributed by atoms with van der Waals surface area (Å²) >= 11 is 0. The fourth-order valence-corrected chi connectivity index (χ4v) is 2.50. The Morgan fingerprint density at radius 1 is 1.33 bits per heavy atom. The molecule has 3 rings (SSSR count). The maximum Gasteiger partial charge on any atom is 0.00700 e. The molecule has 52 valence electrons. The Hall–Kier alpha value is -0.0400. The van der Waals surface area contributed by atoms with Crippen LogP contribution in [0.15, 0.2) is 0 Å². The number of fused-ring (bicyclic) bond motifs is 2. The van der Waals surface area contributed by atoms with Crippen molar-refractivity contribution in [3.05, 3.63) is 0 Å². The molecule has 3 aliphatic carbocycles. The van der Waals surface area contributed by atoms with E-state index >= 15 is 0 Å². The van der Waals surface area contributed by atoms with Gasteiger partial charge in [-0.1, -0.05) is 6.92 Å². The minimum Gasteiger partial charge on any atom is -0.327 e. The van der Waals surface area contributed by atoms with Crippen LogP contribution in [0, 0.1) is 17.8 Å². The lowest BCUT2D eigenvalue weighted by atomic mass is 9.56. The van der Waals surface area contributed by atoms with Crippen molar-refractivity contribution in [1.29, 1.82) is 0 Å².